The van der Waals surface area contributed by atoms with Gasteiger partial charge >= 0.3 is 0 Å². The second kappa shape index (κ2) is 3.85. The van der Waals surface area contributed by atoms with Gasteiger partial charge in [-0.1, -0.05) is 27.7 Å². The molecule has 1 rings (SSSR count). The summed E-state index contributed by atoms with van der Waals surface area (Å²) in [6, 6.07) is 0. The van der Waals surface area contributed by atoms with E-state index in [0.29, 0.717) is 4.47 Å². The molecule has 3 nitrogen and oxygen atoms in total. The van der Waals surface area contributed by atoms with Crippen molar-refractivity contribution in [1.29, 1.82) is 0 Å². The van der Waals surface area contributed by atoms with E-state index in [-0.39, 0.29) is 11.0 Å². The van der Waals surface area contributed by atoms with Crippen LogP contribution in [-0.4, -0.2) is 9.97 Å². The minimum atomic E-state index is -0.121. The Hall–Kier alpha value is -0.640. The minimum absolute atomic E-state index is 0.0956. The number of aryl methyl sites for hydroxylation is 1. The number of H-pyrrole nitrogens is 1. The van der Waals surface area contributed by atoms with Crippen LogP contribution in [0.4, 0.5) is 0 Å². The number of halogens is 1. The maximum Gasteiger partial charge on any atom is 0.265 e. The lowest BCUT2D eigenvalue weighted by Gasteiger charge is -2.17. The van der Waals surface area contributed by atoms with Crippen LogP contribution in [0.25, 0.3) is 0 Å². The largest absolute Gasteiger partial charge is 0.309 e. The maximum atomic E-state index is 11.5. The van der Waals surface area contributed by atoms with Crippen molar-refractivity contribution < 1.29 is 0 Å². The summed E-state index contributed by atoms with van der Waals surface area (Å²) in [6.45, 7) is 8.06. The Morgan fingerprint density at radius 2 is 2.00 bits per heavy atom. The molecular weight excluding hydrogens is 244 g/mol. The second-order valence-corrected chi connectivity index (χ2v) is 5.07. The fourth-order valence-corrected chi connectivity index (χ4v) is 1.56. The third-order valence-corrected chi connectivity index (χ3v) is 2.79. The van der Waals surface area contributed by atoms with E-state index in [4.69, 9.17) is 0 Å². The average Bonchev–Trinajstić information content (AvgIpc) is 2.07. The number of rotatable bonds is 1. The van der Waals surface area contributed by atoms with Gasteiger partial charge in [-0.2, -0.15) is 0 Å². The van der Waals surface area contributed by atoms with Crippen LogP contribution < -0.4 is 5.56 Å². The zero-order valence-corrected chi connectivity index (χ0v) is 10.5. The molecule has 0 spiro atoms. The topological polar surface area (TPSA) is 45.8 Å². The summed E-state index contributed by atoms with van der Waals surface area (Å²) >= 11 is 3.23. The highest BCUT2D eigenvalue weighted by molar-refractivity contribution is 9.10. The van der Waals surface area contributed by atoms with Crippen molar-refractivity contribution in [1.82, 2.24) is 9.97 Å². The summed E-state index contributed by atoms with van der Waals surface area (Å²) in [5.74, 6) is 0.738. The molecule has 0 bridgehead atoms. The van der Waals surface area contributed by atoms with E-state index < -0.39 is 0 Å². The van der Waals surface area contributed by atoms with Crippen molar-refractivity contribution in [2.45, 2.75) is 39.5 Å². The van der Waals surface area contributed by atoms with Gasteiger partial charge in [-0.3, -0.25) is 4.79 Å². The first kappa shape index (κ1) is 11.4. The van der Waals surface area contributed by atoms with Crippen LogP contribution in [0.15, 0.2) is 9.27 Å². The van der Waals surface area contributed by atoms with Gasteiger partial charge in [-0.25, -0.2) is 4.98 Å². The Morgan fingerprint density at radius 1 is 1.43 bits per heavy atom. The van der Waals surface area contributed by atoms with E-state index in [0.717, 1.165) is 17.9 Å². The lowest BCUT2D eigenvalue weighted by Crippen LogP contribution is -2.24. The summed E-state index contributed by atoms with van der Waals surface area (Å²) in [6.07, 6.45) is 0.758. The molecule has 0 atom stereocenters. The number of aromatic nitrogens is 2. The highest BCUT2D eigenvalue weighted by Crippen LogP contribution is 2.19. The zero-order chi connectivity index (χ0) is 10.9. The van der Waals surface area contributed by atoms with Crippen molar-refractivity contribution in [3.8, 4) is 0 Å². The summed E-state index contributed by atoms with van der Waals surface area (Å²) in [7, 11) is 0. The molecule has 1 heterocycles. The molecule has 1 N–H and O–H groups in total. The number of nitrogens with one attached hydrogen (secondary N) is 1. The highest BCUT2D eigenvalue weighted by Gasteiger charge is 2.18. The first-order valence-corrected chi connectivity index (χ1v) is 5.44. The van der Waals surface area contributed by atoms with Crippen LogP contribution in [0.5, 0.6) is 0 Å². The van der Waals surface area contributed by atoms with Crippen molar-refractivity contribution in [3.05, 3.63) is 26.3 Å². The van der Waals surface area contributed by atoms with E-state index in [1.807, 2.05) is 27.7 Å². The number of nitrogens with zero attached hydrogens (tertiary/aromatic N) is 1. The van der Waals surface area contributed by atoms with Crippen LogP contribution in [-0.2, 0) is 11.8 Å². The standard InChI is InChI=1S/C10H15BrN2O/c1-5-6-7(11)8(14)13-9(12-6)10(2,3)4/h5H2,1-4H3,(H,12,13,14). The molecule has 14 heavy (non-hydrogen) atoms. The number of hydrogen-bond acceptors (Lipinski definition) is 2. The first-order valence-electron chi connectivity index (χ1n) is 4.65. The molecule has 0 aromatic carbocycles. The lowest BCUT2D eigenvalue weighted by atomic mass is 9.95. The van der Waals surface area contributed by atoms with Crippen LogP contribution in [0.2, 0.25) is 0 Å². The van der Waals surface area contributed by atoms with Crippen molar-refractivity contribution in [3.63, 3.8) is 0 Å². The van der Waals surface area contributed by atoms with E-state index in [2.05, 4.69) is 25.9 Å². The predicted octanol–water partition coefficient (Wildman–Crippen LogP) is 2.39. The van der Waals surface area contributed by atoms with Gasteiger partial charge in [-0.15, -0.1) is 0 Å². The molecule has 4 heteroatoms. The Morgan fingerprint density at radius 3 is 2.43 bits per heavy atom. The van der Waals surface area contributed by atoms with Gasteiger partial charge in [-0.05, 0) is 22.4 Å². The molecule has 0 fully saturated rings. The number of hydrogen-bond donors (Lipinski definition) is 1. The molecule has 0 aliphatic carbocycles. The van der Waals surface area contributed by atoms with Gasteiger partial charge < -0.3 is 4.98 Å². The monoisotopic (exact) mass is 258 g/mol. The average molecular weight is 259 g/mol. The Kier molecular flexibility index (Phi) is 3.14. The van der Waals surface area contributed by atoms with Crippen LogP contribution in [0.1, 0.15) is 39.2 Å². The summed E-state index contributed by atoms with van der Waals surface area (Å²) < 4.78 is 0.549. The summed E-state index contributed by atoms with van der Waals surface area (Å²) in [4.78, 5) is 18.7. The van der Waals surface area contributed by atoms with Crippen molar-refractivity contribution in [2.75, 3.05) is 0 Å². The lowest BCUT2D eigenvalue weighted by molar-refractivity contribution is 0.538. The quantitative estimate of drug-likeness (QED) is 0.841. The van der Waals surface area contributed by atoms with E-state index in [1.165, 1.54) is 0 Å². The first-order chi connectivity index (χ1) is 6.36. The minimum Gasteiger partial charge on any atom is -0.309 e. The summed E-state index contributed by atoms with van der Waals surface area (Å²) in [5, 5.41) is 0. The SMILES string of the molecule is CCc1nc(C(C)(C)C)[nH]c(=O)c1Br. The predicted molar refractivity (Wildman–Crippen MR) is 60.6 cm³/mol. The van der Waals surface area contributed by atoms with Gasteiger partial charge in [0.2, 0.25) is 0 Å². The molecule has 0 saturated heterocycles. The van der Waals surface area contributed by atoms with Gasteiger partial charge in [0.05, 0.1) is 5.69 Å². The summed E-state index contributed by atoms with van der Waals surface area (Å²) in [5.41, 5.74) is 0.601. The molecule has 0 saturated carbocycles. The van der Waals surface area contributed by atoms with Crippen LogP contribution in [0.3, 0.4) is 0 Å². The Balaban J connectivity index is 3.38. The fraction of sp³-hybridized carbons (Fsp3) is 0.600. The highest BCUT2D eigenvalue weighted by atomic mass is 79.9. The third-order valence-electron chi connectivity index (χ3n) is 1.98. The zero-order valence-electron chi connectivity index (χ0n) is 8.94. The molecule has 0 amide bonds. The van der Waals surface area contributed by atoms with Crippen LogP contribution >= 0.6 is 15.9 Å². The molecule has 0 unspecified atom stereocenters. The van der Waals surface area contributed by atoms with Crippen LogP contribution in [0, 0.1) is 0 Å². The maximum absolute atomic E-state index is 11.5. The molecule has 78 valence electrons. The smallest absolute Gasteiger partial charge is 0.265 e. The van der Waals surface area contributed by atoms with Gasteiger partial charge in [0, 0.05) is 5.41 Å². The van der Waals surface area contributed by atoms with Crippen molar-refractivity contribution >= 4 is 15.9 Å². The van der Waals surface area contributed by atoms with Gasteiger partial charge in [0.25, 0.3) is 5.56 Å². The fourth-order valence-electron chi connectivity index (χ4n) is 1.09. The molecule has 1 aromatic rings. The molecule has 0 radical (unpaired) electrons. The molecule has 0 aliphatic heterocycles. The third kappa shape index (κ3) is 2.23. The molecule has 1 aromatic heterocycles. The van der Waals surface area contributed by atoms with Gasteiger partial charge in [0.1, 0.15) is 10.3 Å². The van der Waals surface area contributed by atoms with E-state index in [9.17, 15) is 4.79 Å². The normalized spacial score (nSPS) is 11.8. The van der Waals surface area contributed by atoms with E-state index >= 15 is 0 Å². The van der Waals surface area contributed by atoms with E-state index in [1.54, 1.807) is 0 Å². The Bertz CT molecular complexity index is 390. The second-order valence-electron chi connectivity index (χ2n) is 4.28. The number of aromatic amines is 1. The van der Waals surface area contributed by atoms with Crippen molar-refractivity contribution in [2.24, 2.45) is 0 Å². The Labute approximate surface area is 92.1 Å². The van der Waals surface area contributed by atoms with Gasteiger partial charge in [0.15, 0.2) is 0 Å². The molecule has 0 aliphatic rings. The molecular formula is C10H15BrN2O.